The lowest BCUT2D eigenvalue weighted by molar-refractivity contribution is -0.139. The Balaban J connectivity index is 2.05. The van der Waals surface area contributed by atoms with E-state index in [4.69, 9.17) is 9.84 Å². The molecule has 6 heteroatoms. The molecule has 0 spiro atoms. The molecule has 0 aliphatic carbocycles. The van der Waals surface area contributed by atoms with Gasteiger partial charge < -0.3 is 15.2 Å². The Bertz CT molecular complexity index is 541. The molecule has 5 nitrogen and oxygen atoms in total. The predicted molar refractivity (Wildman–Crippen MR) is 71.2 cm³/mol. The van der Waals surface area contributed by atoms with E-state index >= 15 is 0 Å². The molecule has 96 valence electrons. The van der Waals surface area contributed by atoms with E-state index in [2.05, 4.69) is 10.3 Å². The summed E-state index contributed by atoms with van der Waals surface area (Å²) in [6.07, 6.45) is 1.35. The van der Waals surface area contributed by atoms with E-state index in [1.165, 1.54) is 7.11 Å². The van der Waals surface area contributed by atoms with Crippen molar-refractivity contribution in [3.63, 3.8) is 0 Å². The first-order valence-electron chi connectivity index (χ1n) is 5.51. The molecule has 1 unspecified atom stereocenters. The maximum atomic E-state index is 10.6. The van der Waals surface area contributed by atoms with E-state index in [-0.39, 0.29) is 12.5 Å². The number of hydrogen-bond donors (Lipinski definition) is 2. The number of carboxylic acid groups (broad SMARTS) is 1. The normalized spacial score (nSPS) is 12.5. The third-order valence-electron chi connectivity index (χ3n) is 2.61. The summed E-state index contributed by atoms with van der Waals surface area (Å²) in [7, 11) is 1.51. The standard InChI is InChI=1S/C12H14N2O3S/c1-17-8(6-11(15)16)7-14-12-9-3-5-18-10(9)2-4-13-12/h2-5,8H,6-7H2,1H3,(H,13,14)(H,15,16). The van der Waals surface area contributed by atoms with Gasteiger partial charge in [-0.15, -0.1) is 11.3 Å². The molecule has 2 heterocycles. The van der Waals surface area contributed by atoms with E-state index < -0.39 is 5.97 Å². The van der Waals surface area contributed by atoms with Crippen molar-refractivity contribution >= 4 is 33.2 Å². The Kier molecular flexibility index (Phi) is 4.11. The van der Waals surface area contributed by atoms with Crippen LogP contribution < -0.4 is 5.32 Å². The quantitative estimate of drug-likeness (QED) is 0.838. The Morgan fingerprint density at radius 1 is 1.61 bits per heavy atom. The average molecular weight is 266 g/mol. The van der Waals surface area contributed by atoms with Gasteiger partial charge in [-0.3, -0.25) is 4.79 Å². The molecule has 0 saturated heterocycles. The zero-order chi connectivity index (χ0) is 13.0. The molecule has 2 aromatic rings. The van der Waals surface area contributed by atoms with Gasteiger partial charge in [-0.05, 0) is 17.5 Å². The third-order valence-corrected chi connectivity index (χ3v) is 3.49. The van der Waals surface area contributed by atoms with Gasteiger partial charge in [0.15, 0.2) is 0 Å². The largest absolute Gasteiger partial charge is 0.481 e. The summed E-state index contributed by atoms with van der Waals surface area (Å²) in [5.74, 6) is -0.105. The number of fused-ring (bicyclic) bond motifs is 1. The summed E-state index contributed by atoms with van der Waals surface area (Å²) in [4.78, 5) is 14.9. The second kappa shape index (κ2) is 5.79. The fourth-order valence-corrected chi connectivity index (χ4v) is 2.46. The summed E-state index contributed by atoms with van der Waals surface area (Å²) in [5, 5.41) is 14.9. The predicted octanol–water partition coefficient (Wildman–Crippen LogP) is 2.20. The first-order valence-corrected chi connectivity index (χ1v) is 6.39. The number of methoxy groups -OCH3 is 1. The molecule has 0 aliphatic rings. The summed E-state index contributed by atoms with van der Waals surface area (Å²) in [5.41, 5.74) is 0. The smallest absolute Gasteiger partial charge is 0.306 e. The molecule has 1 atom stereocenters. The molecule has 0 saturated carbocycles. The number of aliphatic carboxylic acids is 1. The van der Waals surface area contributed by atoms with E-state index in [1.807, 2.05) is 17.5 Å². The molecular formula is C12H14N2O3S. The molecule has 2 aromatic heterocycles. The monoisotopic (exact) mass is 266 g/mol. The van der Waals surface area contributed by atoms with Gasteiger partial charge in [0, 0.05) is 29.9 Å². The number of aromatic nitrogens is 1. The maximum Gasteiger partial charge on any atom is 0.306 e. The van der Waals surface area contributed by atoms with Crippen LogP contribution in [0.3, 0.4) is 0 Å². The molecule has 0 bridgehead atoms. The molecule has 0 amide bonds. The molecule has 0 aliphatic heterocycles. The van der Waals surface area contributed by atoms with Gasteiger partial charge in [0.05, 0.1) is 12.5 Å². The SMILES string of the molecule is COC(CNc1nccc2sccc12)CC(=O)O. The van der Waals surface area contributed by atoms with E-state index in [1.54, 1.807) is 17.5 Å². The van der Waals surface area contributed by atoms with Gasteiger partial charge in [-0.25, -0.2) is 4.98 Å². The van der Waals surface area contributed by atoms with Gasteiger partial charge in [0.1, 0.15) is 5.82 Å². The molecule has 0 aromatic carbocycles. The van der Waals surface area contributed by atoms with Crippen LogP contribution in [0.2, 0.25) is 0 Å². The fourth-order valence-electron chi connectivity index (χ4n) is 1.68. The number of anilines is 1. The van der Waals surface area contributed by atoms with E-state index in [0.717, 1.165) is 15.9 Å². The zero-order valence-corrected chi connectivity index (χ0v) is 10.7. The number of rotatable bonds is 6. The van der Waals surface area contributed by atoms with Crippen molar-refractivity contribution in [2.24, 2.45) is 0 Å². The highest BCUT2D eigenvalue weighted by atomic mass is 32.1. The van der Waals surface area contributed by atoms with Gasteiger partial charge in [0.2, 0.25) is 0 Å². The Morgan fingerprint density at radius 3 is 3.17 bits per heavy atom. The third kappa shape index (κ3) is 2.96. The van der Waals surface area contributed by atoms with Crippen LogP contribution in [0.5, 0.6) is 0 Å². The minimum atomic E-state index is -0.870. The van der Waals surface area contributed by atoms with Gasteiger partial charge >= 0.3 is 5.97 Å². The second-order valence-corrected chi connectivity index (χ2v) is 4.78. The van der Waals surface area contributed by atoms with Crippen LogP contribution in [0.25, 0.3) is 10.1 Å². The number of hydrogen-bond acceptors (Lipinski definition) is 5. The number of thiophene rings is 1. The highest BCUT2D eigenvalue weighted by Crippen LogP contribution is 2.25. The summed E-state index contributed by atoms with van der Waals surface area (Å²) < 4.78 is 6.26. The molecular weight excluding hydrogens is 252 g/mol. The highest BCUT2D eigenvalue weighted by Gasteiger charge is 2.13. The van der Waals surface area contributed by atoms with Crippen LogP contribution in [-0.2, 0) is 9.53 Å². The minimum absolute atomic E-state index is 0.0247. The van der Waals surface area contributed by atoms with E-state index in [0.29, 0.717) is 6.54 Å². The van der Waals surface area contributed by atoms with E-state index in [9.17, 15) is 4.79 Å². The number of nitrogens with one attached hydrogen (secondary N) is 1. The molecule has 2 N–H and O–H groups in total. The fraction of sp³-hybridized carbons (Fsp3) is 0.333. The lowest BCUT2D eigenvalue weighted by Crippen LogP contribution is -2.25. The highest BCUT2D eigenvalue weighted by molar-refractivity contribution is 7.17. The molecule has 0 radical (unpaired) electrons. The van der Waals surface area contributed by atoms with Gasteiger partial charge in [-0.1, -0.05) is 0 Å². The Morgan fingerprint density at radius 2 is 2.44 bits per heavy atom. The van der Waals surface area contributed by atoms with Crippen LogP contribution in [0, 0.1) is 0 Å². The lowest BCUT2D eigenvalue weighted by Gasteiger charge is -2.14. The number of nitrogens with zero attached hydrogens (tertiary/aromatic N) is 1. The molecule has 0 fully saturated rings. The number of pyridine rings is 1. The molecule has 2 rings (SSSR count). The van der Waals surface area contributed by atoms with Gasteiger partial charge in [-0.2, -0.15) is 0 Å². The van der Waals surface area contributed by atoms with Crippen molar-refractivity contribution in [2.75, 3.05) is 19.0 Å². The van der Waals surface area contributed by atoms with Crippen molar-refractivity contribution < 1.29 is 14.6 Å². The summed E-state index contributed by atoms with van der Waals surface area (Å²) >= 11 is 1.65. The first-order chi connectivity index (χ1) is 8.70. The number of ether oxygens (including phenoxy) is 1. The Labute approximate surface area is 108 Å². The lowest BCUT2D eigenvalue weighted by atomic mass is 10.2. The topological polar surface area (TPSA) is 71.5 Å². The van der Waals surface area contributed by atoms with Gasteiger partial charge in [0.25, 0.3) is 0 Å². The minimum Gasteiger partial charge on any atom is -0.481 e. The van der Waals surface area contributed by atoms with Crippen LogP contribution in [0.1, 0.15) is 6.42 Å². The number of carboxylic acids is 1. The van der Waals surface area contributed by atoms with Crippen LogP contribution in [0.4, 0.5) is 5.82 Å². The Hall–Kier alpha value is -1.66. The molecule has 18 heavy (non-hydrogen) atoms. The van der Waals surface area contributed by atoms with Crippen molar-refractivity contribution in [3.05, 3.63) is 23.7 Å². The summed E-state index contributed by atoms with van der Waals surface area (Å²) in [6, 6.07) is 3.95. The summed E-state index contributed by atoms with van der Waals surface area (Å²) in [6.45, 7) is 0.421. The van der Waals surface area contributed by atoms with Crippen molar-refractivity contribution in [2.45, 2.75) is 12.5 Å². The average Bonchev–Trinajstić information content (AvgIpc) is 2.82. The van der Waals surface area contributed by atoms with Crippen molar-refractivity contribution in [3.8, 4) is 0 Å². The van der Waals surface area contributed by atoms with Crippen molar-refractivity contribution in [1.29, 1.82) is 0 Å². The maximum absolute atomic E-state index is 10.6. The second-order valence-electron chi connectivity index (χ2n) is 3.83. The van der Waals surface area contributed by atoms with Crippen LogP contribution in [-0.4, -0.2) is 35.8 Å². The number of carbonyl (C=O) groups is 1. The van der Waals surface area contributed by atoms with Crippen molar-refractivity contribution in [1.82, 2.24) is 4.98 Å². The van der Waals surface area contributed by atoms with Crippen LogP contribution in [0.15, 0.2) is 23.7 Å². The van der Waals surface area contributed by atoms with Crippen LogP contribution >= 0.6 is 11.3 Å². The zero-order valence-electron chi connectivity index (χ0n) is 9.92. The first kappa shape index (κ1) is 12.8.